The van der Waals surface area contributed by atoms with Gasteiger partial charge in [-0.15, -0.1) is 11.3 Å². The van der Waals surface area contributed by atoms with Gasteiger partial charge in [0.1, 0.15) is 0 Å². The molecular formula is C19H19N3O2S2. The Balaban J connectivity index is 1.56. The number of rotatable bonds is 6. The summed E-state index contributed by atoms with van der Waals surface area (Å²) in [6, 6.07) is 11.6. The maximum atomic E-state index is 12.9. The Bertz CT molecular complexity index is 994. The molecule has 1 saturated carbocycles. The molecule has 1 N–H and O–H groups in total. The normalized spacial score (nSPS) is 15.1. The Kier molecular flexibility index (Phi) is 4.82. The highest BCUT2D eigenvalue weighted by atomic mass is 32.2. The Morgan fingerprint density at radius 1 is 1.35 bits per heavy atom. The Morgan fingerprint density at radius 2 is 2.15 bits per heavy atom. The average Bonchev–Trinajstić information content (AvgIpc) is 3.33. The van der Waals surface area contributed by atoms with Crippen LogP contribution in [0, 0.1) is 0 Å². The van der Waals surface area contributed by atoms with Gasteiger partial charge in [0, 0.05) is 10.9 Å². The highest BCUT2D eigenvalue weighted by Gasteiger charge is 2.30. The van der Waals surface area contributed by atoms with Gasteiger partial charge in [0.05, 0.1) is 22.7 Å². The van der Waals surface area contributed by atoms with Crippen molar-refractivity contribution in [3.05, 3.63) is 57.0 Å². The molecule has 7 heteroatoms. The van der Waals surface area contributed by atoms with Crippen molar-refractivity contribution in [1.29, 1.82) is 0 Å². The molecule has 5 nitrogen and oxygen atoms in total. The summed E-state index contributed by atoms with van der Waals surface area (Å²) in [5.41, 5.74) is 0.676. The molecule has 0 radical (unpaired) electrons. The molecule has 0 aliphatic heterocycles. The third-order valence-electron chi connectivity index (χ3n) is 4.36. The quantitative estimate of drug-likeness (QED) is 0.520. The zero-order valence-electron chi connectivity index (χ0n) is 14.3. The first-order chi connectivity index (χ1) is 12.6. The molecule has 1 fully saturated rings. The van der Waals surface area contributed by atoms with Crippen molar-refractivity contribution in [3.63, 3.8) is 0 Å². The van der Waals surface area contributed by atoms with E-state index in [4.69, 9.17) is 0 Å². The van der Waals surface area contributed by atoms with Gasteiger partial charge < -0.3 is 5.32 Å². The molecule has 2 heterocycles. The second kappa shape index (κ2) is 7.25. The number of nitrogens with one attached hydrogen (secondary N) is 1. The maximum Gasteiger partial charge on any atom is 0.262 e. The number of thioether (sulfide) groups is 1. The number of benzene rings is 1. The minimum atomic E-state index is -0.326. The highest BCUT2D eigenvalue weighted by Crippen LogP contribution is 2.37. The van der Waals surface area contributed by atoms with Gasteiger partial charge in [-0.25, -0.2) is 4.98 Å². The summed E-state index contributed by atoms with van der Waals surface area (Å²) >= 11 is 2.98. The molecule has 2 aromatic heterocycles. The predicted molar refractivity (Wildman–Crippen MR) is 106 cm³/mol. The lowest BCUT2D eigenvalue weighted by atomic mass is 10.2. The van der Waals surface area contributed by atoms with E-state index in [0.29, 0.717) is 22.6 Å². The number of fused-ring (bicyclic) bond motifs is 1. The minimum Gasteiger partial charge on any atom is -0.350 e. The summed E-state index contributed by atoms with van der Waals surface area (Å²) in [5.74, 6) is -0.0480. The first kappa shape index (κ1) is 17.3. The van der Waals surface area contributed by atoms with Crippen molar-refractivity contribution in [2.75, 3.05) is 0 Å². The number of hydrogen-bond acceptors (Lipinski definition) is 5. The standard InChI is InChI=1S/C19H19N3O2S2/c1-12(17(23)20-11-14-5-4-10-25-14)26-19-21-16-7-3-2-6-15(16)18(24)22(19)13-8-9-13/h2-7,10,12-13H,8-9,11H2,1H3,(H,20,23). The van der Waals surface area contributed by atoms with E-state index in [1.807, 2.05) is 48.7 Å². The summed E-state index contributed by atoms with van der Waals surface area (Å²) in [5, 5.41) is 5.90. The molecule has 4 rings (SSSR count). The molecule has 1 unspecified atom stereocenters. The van der Waals surface area contributed by atoms with Crippen LogP contribution in [0.3, 0.4) is 0 Å². The van der Waals surface area contributed by atoms with Crippen LogP contribution in [0.4, 0.5) is 0 Å². The van der Waals surface area contributed by atoms with Crippen molar-refractivity contribution in [2.45, 2.75) is 42.8 Å². The van der Waals surface area contributed by atoms with Crippen molar-refractivity contribution < 1.29 is 4.79 Å². The van der Waals surface area contributed by atoms with Gasteiger partial charge in [-0.1, -0.05) is 30.0 Å². The van der Waals surface area contributed by atoms with Crippen LogP contribution in [0.2, 0.25) is 0 Å². The molecule has 0 spiro atoms. The summed E-state index contributed by atoms with van der Waals surface area (Å²) in [7, 11) is 0. The largest absolute Gasteiger partial charge is 0.350 e. The topological polar surface area (TPSA) is 64.0 Å². The van der Waals surface area contributed by atoms with Gasteiger partial charge in [0.25, 0.3) is 5.56 Å². The van der Waals surface area contributed by atoms with Gasteiger partial charge in [0.2, 0.25) is 5.91 Å². The van der Waals surface area contributed by atoms with Crippen LogP contribution in [0.25, 0.3) is 10.9 Å². The molecular weight excluding hydrogens is 366 g/mol. The number of carbonyl (C=O) groups excluding carboxylic acids is 1. The van der Waals surface area contributed by atoms with E-state index in [2.05, 4.69) is 10.3 Å². The van der Waals surface area contributed by atoms with E-state index in [0.717, 1.165) is 17.7 Å². The van der Waals surface area contributed by atoms with Crippen molar-refractivity contribution >= 4 is 39.9 Å². The fourth-order valence-corrected chi connectivity index (χ4v) is 4.45. The number of nitrogens with zero attached hydrogens (tertiary/aromatic N) is 2. The van der Waals surface area contributed by atoms with Crippen LogP contribution >= 0.6 is 23.1 Å². The molecule has 1 aromatic carbocycles. The number of para-hydroxylation sites is 1. The van der Waals surface area contributed by atoms with Gasteiger partial charge in [-0.05, 0) is 43.3 Å². The highest BCUT2D eigenvalue weighted by molar-refractivity contribution is 8.00. The molecule has 1 amide bonds. The molecule has 3 aromatic rings. The average molecular weight is 386 g/mol. The van der Waals surface area contributed by atoms with Gasteiger partial charge in [-0.3, -0.25) is 14.2 Å². The van der Waals surface area contributed by atoms with Crippen LogP contribution in [0.1, 0.15) is 30.7 Å². The minimum absolute atomic E-state index is 0.00760. The van der Waals surface area contributed by atoms with Gasteiger partial charge in [-0.2, -0.15) is 0 Å². The molecule has 0 bridgehead atoms. The zero-order valence-corrected chi connectivity index (χ0v) is 16.0. The van der Waals surface area contributed by atoms with Gasteiger partial charge in [0.15, 0.2) is 5.16 Å². The van der Waals surface area contributed by atoms with Crippen LogP contribution < -0.4 is 10.9 Å². The number of hydrogen-bond donors (Lipinski definition) is 1. The lowest BCUT2D eigenvalue weighted by molar-refractivity contribution is -0.120. The lowest BCUT2D eigenvalue weighted by Gasteiger charge is -2.16. The number of carbonyl (C=O) groups is 1. The van der Waals surface area contributed by atoms with E-state index < -0.39 is 0 Å². The summed E-state index contributed by atoms with van der Waals surface area (Å²) in [6.45, 7) is 2.38. The van der Waals surface area contributed by atoms with E-state index in [9.17, 15) is 9.59 Å². The number of aromatic nitrogens is 2. The van der Waals surface area contributed by atoms with Crippen LogP contribution in [0.5, 0.6) is 0 Å². The fraction of sp³-hybridized carbons (Fsp3) is 0.316. The van der Waals surface area contributed by atoms with Crippen LogP contribution in [-0.2, 0) is 11.3 Å². The second-order valence-corrected chi connectivity index (χ2v) is 8.72. The van der Waals surface area contributed by atoms with Crippen molar-refractivity contribution in [2.24, 2.45) is 0 Å². The molecule has 26 heavy (non-hydrogen) atoms. The van der Waals surface area contributed by atoms with Crippen LogP contribution in [0.15, 0.2) is 51.7 Å². The monoisotopic (exact) mass is 385 g/mol. The first-order valence-electron chi connectivity index (χ1n) is 8.61. The second-order valence-electron chi connectivity index (χ2n) is 6.38. The third kappa shape index (κ3) is 3.54. The lowest BCUT2D eigenvalue weighted by Crippen LogP contribution is -2.31. The Hall–Kier alpha value is -2.12. The van der Waals surface area contributed by atoms with E-state index >= 15 is 0 Å². The summed E-state index contributed by atoms with van der Waals surface area (Å²) < 4.78 is 1.77. The Labute approximate surface area is 159 Å². The summed E-state index contributed by atoms with van der Waals surface area (Å²) in [6.07, 6.45) is 1.99. The molecule has 134 valence electrons. The first-order valence-corrected chi connectivity index (χ1v) is 10.4. The van der Waals surface area contributed by atoms with Crippen molar-refractivity contribution in [1.82, 2.24) is 14.9 Å². The zero-order chi connectivity index (χ0) is 18.1. The smallest absolute Gasteiger partial charge is 0.262 e. The van der Waals surface area contributed by atoms with E-state index in [1.54, 1.807) is 15.9 Å². The van der Waals surface area contributed by atoms with Crippen LogP contribution in [-0.4, -0.2) is 20.7 Å². The van der Waals surface area contributed by atoms with E-state index in [-0.39, 0.29) is 22.8 Å². The predicted octanol–water partition coefficient (Wildman–Crippen LogP) is 3.59. The molecule has 0 saturated heterocycles. The van der Waals surface area contributed by atoms with E-state index in [1.165, 1.54) is 11.8 Å². The summed E-state index contributed by atoms with van der Waals surface area (Å²) in [4.78, 5) is 31.1. The van der Waals surface area contributed by atoms with Crippen molar-refractivity contribution in [3.8, 4) is 0 Å². The molecule has 1 atom stereocenters. The third-order valence-corrected chi connectivity index (χ3v) is 6.30. The maximum absolute atomic E-state index is 12.9. The Morgan fingerprint density at radius 3 is 2.88 bits per heavy atom. The number of amides is 1. The fourth-order valence-electron chi connectivity index (χ4n) is 2.81. The van der Waals surface area contributed by atoms with Gasteiger partial charge >= 0.3 is 0 Å². The number of thiophene rings is 1. The molecule has 1 aliphatic carbocycles. The molecule has 1 aliphatic rings. The SMILES string of the molecule is CC(Sc1nc2ccccc2c(=O)n1C1CC1)C(=O)NCc1cccs1.